The van der Waals surface area contributed by atoms with Gasteiger partial charge in [-0.05, 0) is 19.0 Å². The highest BCUT2D eigenvalue weighted by Crippen LogP contribution is 2.17. The van der Waals surface area contributed by atoms with Crippen LogP contribution in [0.4, 0.5) is 0 Å². The van der Waals surface area contributed by atoms with Gasteiger partial charge in [-0.1, -0.05) is 30.3 Å². The number of hydrogen-bond acceptors (Lipinski definition) is 4. The average molecular weight is 292 g/mol. The molecule has 0 radical (unpaired) electrons. The molecule has 1 heterocycles. The second-order valence-electron chi connectivity index (χ2n) is 5.38. The molecule has 1 saturated heterocycles. The first kappa shape index (κ1) is 15.9. The van der Waals surface area contributed by atoms with Gasteiger partial charge < -0.3 is 14.8 Å². The fourth-order valence-electron chi connectivity index (χ4n) is 2.56. The second kappa shape index (κ2) is 8.12. The minimum atomic E-state index is -0.0935. The van der Waals surface area contributed by atoms with E-state index in [9.17, 15) is 4.79 Å². The molecule has 0 unspecified atom stereocenters. The van der Waals surface area contributed by atoms with E-state index in [1.165, 1.54) is 0 Å². The Hall–Kier alpha value is -1.43. The standard InChI is InChI=1S/C16H24N2O3/c1-18-11-14(20-2)10-15(18)16(19)17-8-9-21-12-13-6-4-3-5-7-13/h3-7,14-15H,8-12H2,1-2H3,(H,17,19)/t14-,15-/m0/s1. The summed E-state index contributed by atoms with van der Waals surface area (Å²) in [4.78, 5) is 14.1. The molecule has 0 saturated carbocycles. The van der Waals surface area contributed by atoms with Crippen LogP contribution >= 0.6 is 0 Å². The van der Waals surface area contributed by atoms with E-state index >= 15 is 0 Å². The Morgan fingerprint density at radius 1 is 1.38 bits per heavy atom. The topological polar surface area (TPSA) is 50.8 Å². The third kappa shape index (κ3) is 4.81. The monoisotopic (exact) mass is 292 g/mol. The quantitative estimate of drug-likeness (QED) is 0.763. The number of benzene rings is 1. The lowest BCUT2D eigenvalue weighted by molar-refractivity contribution is -0.125. The largest absolute Gasteiger partial charge is 0.380 e. The van der Waals surface area contributed by atoms with Gasteiger partial charge in [0.15, 0.2) is 0 Å². The number of rotatable bonds is 7. The number of nitrogens with one attached hydrogen (secondary N) is 1. The van der Waals surface area contributed by atoms with Crippen LogP contribution in [-0.2, 0) is 20.9 Å². The van der Waals surface area contributed by atoms with Crippen molar-refractivity contribution >= 4 is 5.91 Å². The van der Waals surface area contributed by atoms with Crippen LogP contribution in [0.1, 0.15) is 12.0 Å². The number of ether oxygens (including phenoxy) is 2. The van der Waals surface area contributed by atoms with Crippen molar-refractivity contribution in [2.75, 3.05) is 33.9 Å². The third-order valence-corrected chi connectivity index (χ3v) is 3.80. The van der Waals surface area contributed by atoms with Crippen molar-refractivity contribution in [3.8, 4) is 0 Å². The summed E-state index contributed by atoms with van der Waals surface area (Å²) in [5, 5.41) is 2.92. The van der Waals surface area contributed by atoms with Crippen molar-refractivity contribution in [2.45, 2.75) is 25.2 Å². The molecule has 2 rings (SSSR count). The van der Waals surface area contributed by atoms with Crippen LogP contribution in [0.2, 0.25) is 0 Å². The highest BCUT2D eigenvalue weighted by molar-refractivity contribution is 5.82. The molecule has 1 fully saturated rings. The Labute approximate surface area is 126 Å². The number of hydrogen-bond donors (Lipinski definition) is 1. The molecule has 1 aliphatic rings. The van der Waals surface area contributed by atoms with Crippen LogP contribution < -0.4 is 5.32 Å². The fourth-order valence-corrected chi connectivity index (χ4v) is 2.56. The van der Waals surface area contributed by atoms with Gasteiger partial charge in [0, 0.05) is 20.2 Å². The van der Waals surface area contributed by atoms with E-state index in [1.54, 1.807) is 7.11 Å². The van der Waals surface area contributed by atoms with E-state index in [0.29, 0.717) is 19.8 Å². The molecular weight excluding hydrogens is 268 g/mol. The Balaban J connectivity index is 1.61. The van der Waals surface area contributed by atoms with Crippen LogP contribution in [-0.4, -0.2) is 56.8 Å². The van der Waals surface area contributed by atoms with Crippen molar-refractivity contribution in [3.63, 3.8) is 0 Å². The summed E-state index contributed by atoms with van der Waals surface area (Å²) >= 11 is 0. The smallest absolute Gasteiger partial charge is 0.237 e. The summed E-state index contributed by atoms with van der Waals surface area (Å²) in [6.45, 7) is 2.43. The molecule has 0 aliphatic carbocycles. The van der Waals surface area contributed by atoms with Gasteiger partial charge in [-0.25, -0.2) is 0 Å². The first-order valence-electron chi connectivity index (χ1n) is 7.33. The normalized spacial score (nSPS) is 22.4. The van der Waals surface area contributed by atoms with Crippen molar-refractivity contribution in [3.05, 3.63) is 35.9 Å². The number of likely N-dealkylation sites (tertiary alicyclic amines) is 1. The van der Waals surface area contributed by atoms with Gasteiger partial charge in [0.1, 0.15) is 0 Å². The molecule has 21 heavy (non-hydrogen) atoms. The molecule has 0 bridgehead atoms. The molecule has 5 nitrogen and oxygen atoms in total. The van der Waals surface area contributed by atoms with Crippen LogP contribution in [0.15, 0.2) is 30.3 Å². The first-order chi connectivity index (χ1) is 10.2. The maximum absolute atomic E-state index is 12.1. The summed E-state index contributed by atoms with van der Waals surface area (Å²) in [5.41, 5.74) is 1.14. The zero-order valence-electron chi connectivity index (χ0n) is 12.7. The molecule has 0 aromatic heterocycles. The van der Waals surface area contributed by atoms with Crippen molar-refractivity contribution in [2.24, 2.45) is 0 Å². The summed E-state index contributed by atoms with van der Waals surface area (Å²) in [7, 11) is 3.64. The maximum Gasteiger partial charge on any atom is 0.237 e. The Bertz CT molecular complexity index is 438. The van der Waals surface area contributed by atoms with Gasteiger partial charge in [-0.3, -0.25) is 9.69 Å². The maximum atomic E-state index is 12.1. The zero-order chi connectivity index (χ0) is 15.1. The fraction of sp³-hybridized carbons (Fsp3) is 0.562. The summed E-state index contributed by atoms with van der Waals surface area (Å²) in [6.07, 6.45) is 0.907. The molecule has 1 amide bonds. The van der Waals surface area contributed by atoms with Gasteiger partial charge in [0.2, 0.25) is 5.91 Å². The Morgan fingerprint density at radius 3 is 2.81 bits per heavy atom. The van der Waals surface area contributed by atoms with Gasteiger partial charge in [0.05, 0.1) is 25.4 Å². The van der Waals surface area contributed by atoms with Crippen LogP contribution in [0.3, 0.4) is 0 Å². The molecule has 116 valence electrons. The van der Waals surface area contributed by atoms with Gasteiger partial charge in [-0.2, -0.15) is 0 Å². The van der Waals surface area contributed by atoms with Crippen molar-refractivity contribution < 1.29 is 14.3 Å². The highest BCUT2D eigenvalue weighted by atomic mass is 16.5. The van der Waals surface area contributed by atoms with Crippen LogP contribution in [0, 0.1) is 0 Å². The van der Waals surface area contributed by atoms with E-state index in [-0.39, 0.29) is 18.1 Å². The molecule has 2 atom stereocenters. The van der Waals surface area contributed by atoms with Crippen LogP contribution in [0.25, 0.3) is 0 Å². The highest BCUT2D eigenvalue weighted by Gasteiger charge is 2.34. The number of amides is 1. The summed E-state index contributed by atoms with van der Waals surface area (Å²) in [6, 6.07) is 9.91. The SMILES string of the molecule is CO[C@H]1C[C@@H](C(=O)NCCOCc2ccccc2)N(C)C1. The summed E-state index contributed by atoms with van der Waals surface area (Å²) < 4.78 is 10.9. The molecule has 1 aromatic carbocycles. The van der Waals surface area contributed by atoms with Gasteiger partial charge >= 0.3 is 0 Å². The van der Waals surface area contributed by atoms with E-state index < -0.39 is 0 Å². The molecule has 1 N–H and O–H groups in total. The molecule has 0 spiro atoms. The Kier molecular flexibility index (Phi) is 6.17. The zero-order valence-corrected chi connectivity index (χ0v) is 12.7. The van der Waals surface area contributed by atoms with Crippen molar-refractivity contribution in [1.82, 2.24) is 10.2 Å². The lowest BCUT2D eigenvalue weighted by Gasteiger charge is -2.18. The van der Waals surface area contributed by atoms with Crippen molar-refractivity contribution in [1.29, 1.82) is 0 Å². The van der Waals surface area contributed by atoms with Crippen LogP contribution in [0.5, 0.6) is 0 Å². The van der Waals surface area contributed by atoms with Gasteiger partial charge in [0.25, 0.3) is 0 Å². The Morgan fingerprint density at radius 2 is 2.14 bits per heavy atom. The van der Waals surface area contributed by atoms with Gasteiger partial charge in [-0.15, -0.1) is 0 Å². The number of methoxy groups -OCH3 is 1. The van der Waals surface area contributed by atoms with E-state index in [2.05, 4.69) is 5.32 Å². The molecule has 5 heteroatoms. The number of nitrogens with zero attached hydrogens (tertiary/aromatic N) is 1. The number of likely N-dealkylation sites (N-methyl/N-ethyl adjacent to an activating group) is 1. The number of carbonyl (C=O) groups excluding carboxylic acids is 1. The summed E-state index contributed by atoms with van der Waals surface area (Å²) in [5.74, 6) is 0.0559. The predicted molar refractivity (Wildman–Crippen MR) is 80.9 cm³/mol. The molecule has 1 aliphatic heterocycles. The lowest BCUT2D eigenvalue weighted by Crippen LogP contribution is -2.42. The average Bonchev–Trinajstić information content (AvgIpc) is 2.89. The first-order valence-corrected chi connectivity index (χ1v) is 7.33. The lowest BCUT2D eigenvalue weighted by atomic mass is 10.2. The minimum Gasteiger partial charge on any atom is -0.380 e. The third-order valence-electron chi connectivity index (χ3n) is 3.80. The second-order valence-corrected chi connectivity index (χ2v) is 5.38. The number of carbonyl (C=O) groups is 1. The predicted octanol–water partition coefficient (Wildman–Crippen LogP) is 1.04. The molecular formula is C16H24N2O3. The minimum absolute atomic E-state index is 0.0559. The van der Waals surface area contributed by atoms with E-state index in [0.717, 1.165) is 18.5 Å². The molecule has 1 aromatic rings. The van der Waals surface area contributed by atoms with E-state index in [4.69, 9.17) is 9.47 Å². The van der Waals surface area contributed by atoms with E-state index in [1.807, 2.05) is 42.3 Å².